The van der Waals surface area contributed by atoms with Gasteiger partial charge in [-0.2, -0.15) is 0 Å². The molecule has 0 unspecified atom stereocenters. The number of hydrogen-bond donors (Lipinski definition) is 0. The highest BCUT2D eigenvalue weighted by Crippen LogP contribution is 2.43. The maximum Gasteiger partial charge on any atom is 0.255 e. The third-order valence-electron chi connectivity index (χ3n) is 5.98. The predicted molar refractivity (Wildman–Crippen MR) is 112 cm³/mol. The molecule has 1 amide bonds. The summed E-state index contributed by atoms with van der Waals surface area (Å²) in [6.45, 7) is 2.75. The molecule has 0 N–H and O–H groups in total. The minimum atomic E-state index is -0.0741. The van der Waals surface area contributed by atoms with Crippen molar-refractivity contribution >= 4 is 16.8 Å². The first kappa shape index (κ1) is 16.8. The summed E-state index contributed by atoms with van der Waals surface area (Å²) in [6.07, 6.45) is 0. The number of fused-ring (bicyclic) bond motifs is 2. The van der Waals surface area contributed by atoms with E-state index in [-0.39, 0.29) is 11.9 Å². The normalized spacial score (nSPS) is 16.0. The molecule has 1 atom stereocenters. The Balaban J connectivity index is 1.73. The van der Waals surface area contributed by atoms with E-state index in [1.165, 1.54) is 22.2 Å². The molecule has 2 heterocycles. The zero-order chi connectivity index (χ0) is 19.3. The van der Waals surface area contributed by atoms with Crippen molar-refractivity contribution in [2.45, 2.75) is 19.5 Å². The number of carbonyl (C=O) groups excluding carboxylic acids is 1. The van der Waals surface area contributed by atoms with Crippen molar-refractivity contribution in [3.8, 4) is 0 Å². The first-order chi connectivity index (χ1) is 13.7. The summed E-state index contributed by atoms with van der Waals surface area (Å²) >= 11 is 0. The molecule has 1 aliphatic heterocycles. The zero-order valence-corrected chi connectivity index (χ0v) is 16.1. The fourth-order valence-electron chi connectivity index (χ4n) is 4.52. The van der Waals surface area contributed by atoms with Crippen LogP contribution in [-0.2, 0) is 13.6 Å². The van der Waals surface area contributed by atoms with E-state index in [9.17, 15) is 4.79 Å². The van der Waals surface area contributed by atoms with Crippen molar-refractivity contribution < 1.29 is 4.79 Å². The first-order valence-electron chi connectivity index (χ1n) is 9.64. The molecule has 0 saturated heterocycles. The second-order valence-electron chi connectivity index (χ2n) is 7.48. The number of para-hydroxylation sites is 1. The molecule has 0 bridgehead atoms. The number of carbonyl (C=O) groups is 1. The number of aromatic nitrogens is 1. The molecule has 0 aliphatic carbocycles. The van der Waals surface area contributed by atoms with Gasteiger partial charge in [0, 0.05) is 41.3 Å². The minimum Gasteiger partial charge on any atom is -0.348 e. The number of benzene rings is 3. The average Bonchev–Trinajstić information content (AvgIpc) is 3.15. The highest BCUT2D eigenvalue weighted by Gasteiger charge is 2.39. The van der Waals surface area contributed by atoms with Crippen LogP contribution >= 0.6 is 0 Å². The number of rotatable bonds is 3. The predicted octanol–water partition coefficient (Wildman–Crippen LogP) is 5.23. The van der Waals surface area contributed by atoms with Crippen LogP contribution in [0.2, 0.25) is 0 Å². The highest BCUT2D eigenvalue weighted by atomic mass is 16.2. The lowest BCUT2D eigenvalue weighted by Gasteiger charge is -2.26. The highest BCUT2D eigenvalue weighted by molar-refractivity contribution is 6.01. The summed E-state index contributed by atoms with van der Waals surface area (Å²) in [5, 5.41) is 1.22. The summed E-state index contributed by atoms with van der Waals surface area (Å²) < 4.78 is 2.23. The van der Waals surface area contributed by atoms with Crippen LogP contribution < -0.4 is 0 Å². The molecule has 28 heavy (non-hydrogen) atoms. The van der Waals surface area contributed by atoms with E-state index in [0.29, 0.717) is 6.54 Å². The van der Waals surface area contributed by atoms with Gasteiger partial charge in [0.05, 0.1) is 6.04 Å². The van der Waals surface area contributed by atoms with E-state index >= 15 is 0 Å². The molecule has 1 aromatic heterocycles. The molecule has 138 valence electrons. The summed E-state index contributed by atoms with van der Waals surface area (Å²) in [6, 6.07) is 26.7. The number of aryl methyl sites for hydroxylation is 1. The third kappa shape index (κ3) is 2.40. The number of nitrogens with zero attached hydrogens (tertiary/aromatic N) is 2. The third-order valence-corrected chi connectivity index (χ3v) is 5.98. The molecule has 5 rings (SSSR count). The quantitative estimate of drug-likeness (QED) is 0.487. The Morgan fingerprint density at radius 2 is 1.54 bits per heavy atom. The Morgan fingerprint density at radius 3 is 2.36 bits per heavy atom. The fraction of sp³-hybridized carbons (Fsp3) is 0.160. The molecular formula is C25H22N2O. The van der Waals surface area contributed by atoms with E-state index in [4.69, 9.17) is 0 Å². The largest absolute Gasteiger partial charge is 0.348 e. The minimum absolute atomic E-state index is 0.0741. The van der Waals surface area contributed by atoms with Crippen LogP contribution in [0.5, 0.6) is 0 Å². The topological polar surface area (TPSA) is 25.2 Å². The molecule has 0 fully saturated rings. The van der Waals surface area contributed by atoms with Gasteiger partial charge in [-0.15, -0.1) is 0 Å². The number of hydrogen-bond acceptors (Lipinski definition) is 1. The van der Waals surface area contributed by atoms with Crippen LogP contribution in [0.3, 0.4) is 0 Å². The van der Waals surface area contributed by atoms with Gasteiger partial charge in [0.1, 0.15) is 0 Å². The van der Waals surface area contributed by atoms with Crippen LogP contribution in [0.4, 0.5) is 0 Å². The van der Waals surface area contributed by atoms with Crippen molar-refractivity contribution in [2.24, 2.45) is 7.05 Å². The lowest BCUT2D eigenvalue weighted by molar-refractivity contribution is 0.0736. The van der Waals surface area contributed by atoms with Crippen LogP contribution in [0, 0.1) is 6.92 Å². The SMILES string of the molecule is Cc1c([C@H]2c3ccccc3C(=O)N2Cc2ccccc2)c2ccccc2n1C. The second-order valence-corrected chi connectivity index (χ2v) is 7.48. The van der Waals surface area contributed by atoms with Crippen LogP contribution in [-0.4, -0.2) is 15.4 Å². The van der Waals surface area contributed by atoms with Gasteiger partial charge >= 0.3 is 0 Å². The maximum absolute atomic E-state index is 13.4. The van der Waals surface area contributed by atoms with E-state index in [2.05, 4.69) is 61.0 Å². The second kappa shape index (κ2) is 6.38. The van der Waals surface area contributed by atoms with E-state index < -0.39 is 0 Å². The Bertz CT molecular complexity index is 1190. The molecule has 4 aromatic rings. The average molecular weight is 366 g/mol. The van der Waals surface area contributed by atoms with Crippen LogP contribution in [0.1, 0.15) is 38.8 Å². The lowest BCUT2D eigenvalue weighted by atomic mass is 9.95. The van der Waals surface area contributed by atoms with Gasteiger partial charge in [0.15, 0.2) is 0 Å². The first-order valence-corrected chi connectivity index (χ1v) is 9.64. The summed E-state index contributed by atoms with van der Waals surface area (Å²) in [7, 11) is 2.10. The Morgan fingerprint density at radius 1 is 0.857 bits per heavy atom. The zero-order valence-electron chi connectivity index (χ0n) is 16.1. The molecule has 0 saturated carbocycles. The standard InChI is InChI=1S/C25H22N2O/c1-17-23(21-14-8-9-15-22(21)26(17)2)24-19-12-6-7-13-20(19)25(28)27(24)16-18-10-4-3-5-11-18/h3-15,24H,16H2,1-2H3/t24-/m1/s1. The van der Waals surface area contributed by atoms with Crippen molar-refractivity contribution in [1.82, 2.24) is 9.47 Å². The van der Waals surface area contributed by atoms with Crippen LogP contribution in [0.15, 0.2) is 78.9 Å². The van der Waals surface area contributed by atoms with Crippen molar-refractivity contribution in [2.75, 3.05) is 0 Å². The summed E-state index contributed by atoms with van der Waals surface area (Å²) in [4.78, 5) is 15.4. The van der Waals surface area contributed by atoms with Gasteiger partial charge in [-0.3, -0.25) is 4.79 Å². The van der Waals surface area contributed by atoms with Crippen LogP contribution in [0.25, 0.3) is 10.9 Å². The lowest BCUT2D eigenvalue weighted by Crippen LogP contribution is -2.28. The molecular weight excluding hydrogens is 344 g/mol. The van der Waals surface area contributed by atoms with E-state index in [0.717, 1.165) is 16.7 Å². The monoisotopic (exact) mass is 366 g/mol. The van der Waals surface area contributed by atoms with E-state index in [1.807, 2.05) is 41.3 Å². The van der Waals surface area contributed by atoms with Gasteiger partial charge in [-0.25, -0.2) is 0 Å². The van der Waals surface area contributed by atoms with Gasteiger partial charge in [-0.05, 0) is 30.2 Å². The molecule has 3 aromatic carbocycles. The smallest absolute Gasteiger partial charge is 0.255 e. The maximum atomic E-state index is 13.4. The summed E-state index contributed by atoms with van der Waals surface area (Å²) in [5.74, 6) is 0.108. The van der Waals surface area contributed by atoms with Gasteiger partial charge < -0.3 is 9.47 Å². The van der Waals surface area contributed by atoms with Gasteiger partial charge in [-0.1, -0.05) is 66.7 Å². The Hall–Kier alpha value is -3.33. The molecule has 0 radical (unpaired) electrons. The molecule has 3 nitrogen and oxygen atoms in total. The molecule has 3 heteroatoms. The Kier molecular flexibility index (Phi) is 3.83. The number of amides is 1. The van der Waals surface area contributed by atoms with Crippen molar-refractivity contribution in [1.29, 1.82) is 0 Å². The molecule has 0 spiro atoms. The molecule has 1 aliphatic rings. The Labute approximate surface area is 164 Å². The van der Waals surface area contributed by atoms with Gasteiger partial charge in [0.25, 0.3) is 5.91 Å². The van der Waals surface area contributed by atoms with Crippen molar-refractivity contribution in [3.63, 3.8) is 0 Å². The van der Waals surface area contributed by atoms with Crippen molar-refractivity contribution in [3.05, 3.63) is 107 Å². The van der Waals surface area contributed by atoms with E-state index in [1.54, 1.807) is 0 Å². The van der Waals surface area contributed by atoms with Gasteiger partial charge in [0.2, 0.25) is 0 Å². The fourth-order valence-corrected chi connectivity index (χ4v) is 4.52. The summed E-state index contributed by atoms with van der Waals surface area (Å²) in [5.41, 5.74) is 6.69.